The second-order valence-electron chi connectivity index (χ2n) is 2.44. The number of nitrogens with zero attached hydrogens (tertiary/aromatic N) is 1. The lowest BCUT2D eigenvalue weighted by atomic mass is 9.76. The molecule has 5 heteroatoms. The van der Waals surface area contributed by atoms with Crippen molar-refractivity contribution in [1.29, 1.82) is 0 Å². The van der Waals surface area contributed by atoms with Gasteiger partial charge >= 0.3 is 7.12 Å². The Morgan fingerprint density at radius 2 is 2.33 bits per heavy atom. The topological polar surface area (TPSA) is 41.8 Å². The van der Waals surface area contributed by atoms with E-state index in [9.17, 15) is 5.02 Å². The zero-order valence-corrected chi connectivity index (χ0v) is 6.82. The van der Waals surface area contributed by atoms with Gasteiger partial charge in [-0.1, -0.05) is 23.7 Å². The fraction of sp³-hybridized carbons (Fsp3) is 0. The standard InChI is InChI=1S/C7H5BClNO2/c9-6-3-1-2-5-4-10-12-8(11)7(5)6/h1-4,11H. The number of halogens is 1. The molecule has 0 aromatic heterocycles. The van der Waals surface area contributed by atoms with Gasteiger partial charge in [-0.15, -0.1) is 5.16 Å². The van der Waals surface area contributed by atoms with Gasteiger partial charge in [0.15, 0.2) is 0 Å². The van der Waals surface area contributed by atoms with Gasteiger partial charge < -0.3 is 9.78 Å². The van der Waals surface area contributed by atoms with Crippen molar-refractivity contribution in [2.45, 2.75) is 0 Å². The summed E-state index contributed by atoms with van der Waals surface area (Å²) < 4.78 is 4.63. The zero-order valence-electron chi connectivity index (χ0n) is 6.07. The molecule has 0 unspecified atom stereocenters. The van der Waals surface area contributed by atoms with Crippen LogP contribution in [0.2, 0.25) is 5.02 Å². The van der Waals surface area contributed by atoms with Crippen molar-refractivity contribution in [3.63, 3.8) is 0 Å². The molecule has 12 heavy (non-hydrogen) atoms. The van der Waals surface area contributed by atoms with Gasteiger partial charge in [-0.2, -0.15) is 0 Å². The second kappa shape index (κ2) is 2.81. The molecule has 1 aliphatic rings. The van der Waals surface area contributed by atoms with Crippen molar-refractivity contribution in [3.05, 3.63) is 28.8 Å². The van der Waals surface area contributed by atoms with E-state index in [0.29, 0.717) is 10.5 Å². The molecule has 0 spiro atoms. The summed E-state index contributed by atoms with van der Waals surface area (Å²) in [6.45, 7) is 0. The van der Waals surface area contributed by atoms with E-state index in [1.165, 1.54) is 6.21 Å². The average Bonchev–Trinajstić information content (AvgIpc) is 2.04. The van der Waals surface area contributed by atoms with Crippen molar-refractivity contribution >= 4 is 30.4 Å². The van der Waals surface area contributed by atoms with E-state index >= 15 is 0 Å². The minimum absolute atomic E-state index is 0.492. The van der Waals surface area contributed by atoms with Crippen LogP contribution in [-0.4, -0.2) is 18.4 Å². The first-order chi connectivity index (χ1) is 5.79. The SMILES string of the molecule is OB1ON=Cc2cccc(Cl)c21. The van der Waals surface area contributed by atoms with Crippen LogP contribution in [0.4, 0.5) is 0 Å². The fourth-order valence-electron chi connectivity index (χ4n) is 1.12. The van der Waals surface area contributed by atoms with Crippen LogP contribution in [0.15, 0.2) is 23.4 Å². The van der Waals surface area contributed by atoms with Crippen LogP contribution < -0.4 is 5.46 Å². The first kappa shape index (κ1) is 7.64. The number of rotatable bonds is 0. The van der Waals surface area contributed by atoms with Crippen LogP contribution in [0.3, 0.4) is 0 Å². The van der Waals surface area contributed by atoms with Crippen LogP contribution in [0.1, 0.15) is 5.56 Å². The third kappa shape index (κ3) is 1.09. The van der Waals surface area contributed by atoms with Crippen molar-refractivity contribution in [1.82, 2.24) is 0 Å². The van der Waals surface area contributed by atoms with E-state index < -0.39 is 7.12 Å². The van der Waals surface area contributed by atoms with Crippen LogP contribution in [0, 0.1) is 0 Å². The zero-order chi connectivity index (χ0) is 8.55. The smallest absolute Gasteiger partial charge is 0.427 e. The highest BCUT2D eigenvalue weighted by Gasteiger charge is 2.27. The van der Waals surface area contributed by atoms with Crippen molar-refractivity contribution in [2.24, 2.45) is 5.16 Å². The van der Waals surface area contributed by atoms with Crippen molar-refractivity contribution in [3.8, 4) is 0 Å². The fourth-order valence-corrected chi connectivity index (χ4v) is 1.40. The van der Waals surface area contributed by atoms with Gasteiger partial charge in [0.05, 0.1) is 6.21 Å². The minimum Gasteiger partial charge on any atom is -0.427 e. The van der Waals surface area contributed by atoms with Crippen LogP contribution >= 0.6 is 11.6 Å². The van der Waals surface area contributed by atoms with Gasteiger partial charge in [0, 0.05) is 10.5 Å². The van der Waals surface area contributed by atoms with Crippen molar-refractivity contribution in [2.75, 3.05) is 0 Å². The highest BCUT2D eigenvalue weighted by atomic mass is 35.5. The summed E-state index contributed by atoms with van der Waals surface area (Å²) in [6.07, 6.45) is 1.52. The molecule has 0 radical (unpaired) electrons. The van der Waals surface area contributed by atoms with E-state index in [0.717, 1.165) is 5.56 Å². The van der Waals surface area contributed by atoms with Crippen LogP contribution in [-0.2, 0) is 4.76 Å². The lowest BCUT2D eigenvalue weighted by Gasteiger charge is -2.13. The predicted molar refractivity (Wildman–Crippen MR) is 47.7 cm³/mol. The Hall–Kier alpha value is -0.995. The molecule has 0 bridgehead atoms. The molecule has 1 aliphatic heterocycles. The highest BCUT2D eigenvalue weighted by Crippen LogP contribution is 2.11. The third-order valence-electron chi connectivity index (χ3n) is 1.69. The van der Waals surface area contributed by atoms with Crippen molar-refractivity contribution < 1.29 is 9.78 Å². The number of benzene rings is 1. The molecule has 1 aromatic rings. The lowest BCUT2D eigenvalue weighted by molar-refractivity contribution is 0.286. The molecule has 60 valence electrons. The van der Waals surface area contributed by atoms with Crippen LogP contribution in [0.5, 0.6) is 0 Å². The summed E-state index contributed by atoms with van der Waals surface area (Å²) in [5.41, 5.74) is 1.37. The molecule has 1 aromatic carbocycles. The largest absolute Gasteiger partial charge is 0.585 e. The van der Waals surface area contributed by atoms with Gasteiger partial charge in [0.2, 0.25) is 0 Å². The minimum atomic E-state index is -1.04. The molecule has 0 saturated heterocycles. The predicted octanol–water partition coefficient (Wildman–Crippen LogP) is 0.392. The second-order valence-corrected chi connectivity index (χ2v) is 2.84. The van der Waals surface area contributed by atoms with Gasteiger partial charge in [-0.05, 0) is 11.6 Å². The number of hydrogen-bond donors (Lipinski definition) is 1. The van der Waals surface area contributed by atoms with E-state index in [1.807, 2.05) is 6.07 Å². The van der Waals surface area contributed by atoms with Gasteiger partial charge in [0.1, 0.15) is 0 Å². The molecular formula is C7H5BClNO2. The Morgan fingerprint density at radius 1 is 1.50 bits per heavy atom. The third-order valence-corrected chi connectivity index (χ3v) is 2.02. The molecule has 2 rings (SSSR count). The first-order valence-electron chi connectivity index (χ1n) is 3.45. The highest BCUT2D eigenvalue weighted by molar-refractivity contribution is 6.65. The Balaban J connectivity index is 2.62. The molecule has 0 aliphatic carbocycles. The normalized spacial score (nSPS) is 14.0. The number of oxime groups is 1. The molecule has 0 atom stereocenters. The number of fused-ring (bicyclic) bond motifs is 1. The Labute approximate surface area is 74.7 Å². The molecule has 0 saturated carbocycles. The number of hydrogen-bond acceptors (Lipinski definition) is 3. The molecular weight excluding hydrogens is 176 g/mol. The monoisotopic (exact) mass is 181 g/mol. The summed E-state index contributed by atoms with van der Waals surface area (Å²) in [5, 5.41) is 13.3. The summed E-state index contributed by atoms with van der Waals surface area (Å²) in [4.78, 5) is 0. The van der Waals surface area contributed by atoms with Crippen LogP contribution in [0.25, 0.3) is 0 Å². The average molecular weight is 181 g/mol. The summed E-state index contributed by atoms with van der Waals surface area (Å²) >= 11 is 5.84. The Kier molecular flexibility index (Phi) is 1.79. The molecule has 0 amide bonds. The maximum absolute atomic E-state index is 9.32. The Bertz CT molecular complexity index is 342. The molecule has 1 heterocycles. The Morgan fingerprint density at radius 3 is 3.08 bits per heavy atom. The van der Waals surface area contributed by atoms with E-state index in [1.54, 1.807) is 12.1 Å². The van der Waals surface area contributed by atoms with Gasteiger partial charge in [-0.3, -0.25) is 0 Å². The summed E-state index contributed by atoms with van der Waals surface area (Å²) in [7, 11) is -1.04. The maximum Gasteiger partial charge on any atom is 0.585 e. The molecule has 3 nitrogen and oxygen atoms in total. The lowest BCUT2D eigenvalue weighted by Crippen LogP contribution is -2.38. The maximum atomic E-state index is 9.32. The summed E-state index contributed by atoms with van der Waals surface area (Å²) in [6, 6.07) is 5.31. The van der Waals surface area contributed by atoms with E-state index in [2.05, 4.69) is 9.91 Å². The quantitative estimate of drug-likeness (QED) is 0.588. The molecule has 1 N–H and O–H groups in total. The molecule has 0 fully saturated rings. The first-order valence-corrected chi connectivity index (χ1v) is 3.82. The summed E-state index contributed by atoms with van der Waals surface area (Å²) in [5.74, 6) is 0. The van der Waals surface area contributed by atoms with E-state index in [-0.39, 0.29) is 0 Å². The van der Waals surface area contributed by atoms with Gasteiger partial charge in [-0.25, -0.2) is 0 Å². The van der Waals surface area contributed by atoms with Gasteiger partial charge in [0.25, 0.3) is 0 Å². The van der Waals surface area contributed by atoms with E-state index in [4.69, 9.17) is 11.6 Å².